The molecule has 0 aliphatic rings. The monoisotopic (exact) mass is 299 g/mol. The van der Waals surface area contributed by atoms with E-state index in [4.69, 9.17) is 11.6 Å². The predicted octanol–water partition coefficient (Wildman–Crippen LogP) is 4.29. The minimum Gasteiger partial charge on any atom is -0.338 e. The van der Waals surface area contributed by atoms with Gasteiger partial charge in [0.25, 0.3) is 5.69 Å². The van der Waals surface area contributed by atoms with E-state index in [2.05, 4.69) is 9.97 Å². The van der Waals surface area contributed by atoms with E-state index in [1.54, 1.807) is 12.2 Å². The molecule has 0 amide bonds. The molecule has 0 unspecified atom stereocenters. The number of hydrogen-bond acceptors (Lipinski definition) is 3. The normalized spacial score (nSPS) is 11.3. The second kappa shape index (κ2) is 5.38. The molecule has 0 spiro atoms. The number of nitro benzene ring substituents is 1. The SMILES string of the molecule is O=[N+]([O-])c1ccc(Cl)c(/C=C/c2nc3ccccc3[nH]2)c1. The molecule has 3 rings (SSSR count). The molecule has 0 radical (unpaired) electrons. The Morgan fingerprint density at radius 2 is 2.00 bits per heavy atom. The van der Waals surface area contributed by atoms with Crippen molar-refractivity contribution in [2.75, 3.05) is 0 Å². The van der Waals surface area contributed by atoms with Crippen LogP contribution >= 0.6 is 11.6 Å². The van der Waals surface area contributed by atoms with Gasteiger partial charge in [0.2, 0.25) is 0 Å². The van der Waals surface area contributed by atoms with E-state index >= 15 is 0 Å². The Labute approximate surface area is 125 Å². The number of non-ortho nitro benzene ring substituents is 1. The van der Waals surface area contributed by atoms with Crippen LogP contribution in [-0.4, -0.2) is 14.9 Å². The fourth-order valence-corrected chi connectivity index (χ4v) is 2.17. The van der Waals surface area contributed by atoms with E-state index in [0.717, 1.165) is 11.0 Å². The van der Waals surface area contributed by atoms with Gasteiger partial charge in [-0.3, -0.25) is 10.1 Å². The predicted molar refractivity (Wildman–Crippen MR) is 83.1 cm³/mol. The third kappa shape index (κ3) is 2.78. The molecular weight excluding hydrogens is 290 g/mol. The van der Waals surface area contributed by atoms with E-state index < -0.39 is 4.92 Å². The van der Waals surface area contributed by atoms with Gasteiger partial charge >= 0.3 is 0 Å². The summed E-state index contributed by atoms with van der Waals surface area (Å²) in [5.74, 6) is 0.666. The number of nitrogens with one attached hydrogen (secondary N) is 1. The minimum absolute atomic E-state index is 0.00339. The third-order valence-electron chi connectivity index (χ3n) is 3.02. The Hall–Kier alpha value is -2.66. The lowest BCUT2D eigenvalue weighted by molar-refractivity contribution is -0.384. The first-order valence-electron chi connectivity index (χ1n) is 6.20. The van der Waals surface area contributed by atoms with Crippen LogP contribution < -0.4 is 0 Å². The Balaban J connectivity index is 1.95. The molecule has 6 heteroatoms. The molecule has 3 aromatic rings. The van der Waals surface area contributed by atoms with E-state index in [0.29, 0.717) is 16.4 Å². The molecule has 0 bridgehead atoms. The van der Waals surface area contributed by atoms with Crippen molar-refractivity contribution < 1.29 is 4.92 Å². The van der Waals surface area contributed by atoms with Gasteiger partial charge in [0.15, 0.2) is 0 Å². The lowest BCUT2D eigenvalue weighted by atomic mass is 10.2. The summed E-state index contributed by atoms with van der Waals surface area (Å²) in [7, 11) is 0. The molecular formula is C15H10ClN3O2. The summed E-state index contributed by atoms with van der Waals surface area (Å²) in [5, 5.41) is 11.2. The van der Waals surface area contributed by atoms with Crippen LogP contribution in [0.15, 0.2) is 42.5 Å². The van der Waals surface area contributed by atoms with Crippen molar-refractivity contribution in [2.45, 2.75) is 0 Å². The first-order chi connectivity index (χ1) is 10.1. The molecule has 104 valence electrons. The number of nitro groups is 1. The highest BCUT2D eigenvalue weighted by Gasteiger charge is 2.08. The molecule has 1 N–H and O–H groups in total. The quantitative estimate of drug-likeness (QED) is 0.579. The first-order valence-corrected chi connectivity index (χ1v) is 6.58. The van der Waals surface area contributed by atoms with Gasteiger partial charge in [-0.2, -0.15) is 0 Å². The Kier molecular flexibility index (Phi) is 3.41. The highest BCUT2D eigenvalue weighted by Crippen LogP contribution is 2.24. The van der Waals surface area contributed by atoms with Crippen LogP contribution in [-0.2, 0) is 0 Å². The molecule has 0 atom stereocenters. The second-order valence-electron chi connectivity index (χ2n) is 4.44. The zero-order chi connectivity index (χ0) is 14.8. The number of nitrogens with zero attached hydrogens (tertiary/aromatic N) is 2. The smallest absolute Gasteiger partial charge is 0.270 e. The zero-order valence-corrected chi connectivity index (χ0v) is 11.5. The molecule has 5 nitrogen and oxygen atoms in total. The van der Waals surface area contributed by atoms with Crippen LogP contribution in [0, 0.1) is 10.1 Å². The number of hydrogen-bond donors (Lipinski definition) is 1. The number of imidazole rings is 1. The molecule has 2 aromatic carbocycles. The van der Waals surface area contributed by atoms with Gasteiger partial charge in [-0.15, -0.1) is 0 Å². The summed E-state index contributed by atoms with van der Waals surface area (Å²) in [4.78, 5) is 17.9. The highest BCUT2D eigenvalue weighted by molar-refractivity contribution is 6.32. The van der Waals surface area contributed by atoms with Crippen molar-refractivity contribution >= 4 is 40.5 Å². The van der Waals surface area contributed by atoms with Crippen molar-refractivity contribution in [3.8, 4) is 0 Å². The van der Waals surface area contributed by atoms with Crippen molar-refractivity contribution in [3.05, 3.63) is 69.0 Å². The lowest BCUT2D eigenvalue weighted by Gasteiger charge is -1.97. The molecule has 0 saturated heterocycles. The Morgan fingerprint density at radius 3 is 2.76 bits per heavy atom. The van der Waals surface area contributed by atoms with Crippen molar-refractivity contribution in [1.29, 1.82) is 0 Å². The molecule has 0 aliphatic heterocycles. The number of aromatic amines is 1. The van der Waals surface area contributed by atoms with E-state index in [9.17, 15) is 10.1 Å². The number of aromatic nitrogens is 2. The average Bonchev–Trinajstić information content (AvgIpc) is 2.89. The number of halogens is 1. The van der Waals surface area contributed by atoms with Crippen LogP contribution in [0.3, 0.4) is 0 Å². The van der Waals surface area contributed by atoms with Crippen LogP contribution in [0.5, 0.6) is 0 Å². The lowest BCUT2D eigenvalue weighted by Crippen LogP contribution is -1.88. The molecule has 0 fully saturated rings. The fourth-order valence-electron chi connectivity index (χ4n) is 1.99. The number of para-hydroxylation sites is 2. The summed E-state index contributed by atoms with van der Waals surface area (Å²) in [6, 6.07) is 12.0. The summed E-state index contributed by atoms with van der Waals surface area (Å²) in [5.41, 5.74) is 2.37. The van der Waals surface area contributed by atoms with Gasteiger partial charge in [0.1, 0.15) is 5.82 Å². The van der Waals surface area contributed by atoms with Gasteiger partial charge in [-0.05, 0) is 35.9 Å². The largest absolute Gasteiger partial charge is 0.338 e. The molecule has 1 aromatic heterocycles. The van der Waals surface area contributed by atoms with E-state index in [1.807, 2.05) is 24.3 Å². The maximum atomic E-state index is 10.8. The van der Waals surface area contributed by atoms with Crippen LogP contribution in [0.1, 0.15) is 11.4 Å². The van der Waals surface area contributed by atoms with E-state index in [-0.39, 0.29) is 5.69 Å². The van der Waals surface area contributed by atoms with Crippen LogP contribution in [0.2, 0.25) is 5.02 Å². The molecule has 0 aliphatic carbocycles. The van der Waals surface area contributed by atoms with Gasteiger partial charge in [-0.1, -0.05) is 23.7 Å². The number of H-pyrrole nitrogens is 1. The highest BCUT2D eigenvalue weighted by atomic mass is 35.5. The summed E-state index contributed by atoms with van der Waals surface area (Å²) < 4.78 is 0. The van der Waals surface area contributed by atoms with Gasteiger partial charge < -0.3 is 4.98 Å². The van der Waals surface area contributed by atoms with Crippen molar-refractivity contribution in [3.63, 3.8) is 0 Å². The maximum Gasteiger partial charge on any atom is 0.270 e. The fraction of sp³-hybridized carbons (Fsp3) is 0. The van der Waals surface area contributed by atoms with Crippen molar-refractivity contribution in [1.82, 2.24) is 9.97 Å². The maximum absolute atomic E-state index is 10.8. The Bertz CT molecular complexity index is 822. The third-order valence-corrected chi connectivity index (χ3v) is 3.36. The molecule has 21 heavy (non-hydrogen) atoms. The number of rotatable bonds is 3. The minimum atomic E-state index is -0.450. The van der Waals surface area contributed by atoms with E-state index in [1.165, 1.54) is 18.2 Å². The Morgan fingerprint density at radius 1 is 1.19 bits per heavy atom. The summed E-state index contributed by atoms with van der Waals surface area (Å²) >= 11 is 6.04. The van der Waals surface area contributed by atoms with Gasteiger partial charge in [0, 0.05) is 17.2 Å². The summed E-state index contributed by atoms with van der Waals surface area (Å²) in [6.45, 7) is 0. The number of fused-ring (bicyclic) bond motifs is 1. The summed E-state index contributed by atoms with van der Waals surface area (Å²) in [6.07, 6.45) is 3.44. The average molecular weight is 300 g/mol. The number of benzene rings is 2. The van der Waals surface area contributed by atoms with Gasteiger partial charge in [0.05, 0.1) is 16.0 Å². The van der Waals surface area contributed by atoms with Crippen LogP contribution in [0.25, 0.3) is 23.2 Å². The van der Waals surface area contributed by atoms with Crippen LogP contribution in [0.4, 0.5) is 5.69 Å². The topological polar surface area (TPSA) is 71.8 Å². The zero-order valence-electron chi connectivity index (χ0n) is 10.8. The van der Waals surface area contributed by atoms with Crippen molar-refractivity contribution in [2.24, 2.45) is 0 Å². The first kappa shape index (κ1) is 13.3. The molecule has 1 heterocycles. The second-order valence-corrected chi connectivity index (χ2v) is 4.84. The van der Waals surface area contributed by atoms with Gasteiger partial charge in [-0.25, -0.2) is 4.98 Å². The molecule has 0 saturated carbocycles. The standard InChI is InChI=1S/C15H10ClN3O2/c16-12-7-6-11(19(20)21)9-10(12)5-8-15-17-13-3-1-2-4-14(13)18-15/h1-9H,(H,17,18)/b8-5+.